The molecule has 1 saturated carbocycles. The molecule has 0 heterocycles. The molecule has 0 aliphatic heterocycles. The van der Waals surface area contributed by atoms with Gasteiger partial charge in [0.05, 0.1) is 0 Å². The van der Waals surface area contributed by atoms with Gasteiger partial charge in [-0.25, -0.2) is 0 Å². The van der Waals surface area contributed by atoms with Gasteiger partial charge in [0.15, 0.2) is 0 Å². The van der Waals surface area contributed by atoms with Crippen molar-refractivity contribution >= 4 is 0 Å². The summed E-state index contributed by atoms with van der Waals surface area (Å²) in [6.45, 7) is 0. The van der Waals surface area contributed by atoms with Crippen molar-refractivity contribution in [2.75, 3.05) is 0 Å². The summed E-state index contributed by atoms with van der Waals surface area (Å²) in [6, 6.07) is 0. The van der Waals surface area contributed by atoms with Gasteiger partial charge in [-0.3, -0.25) is 0 Å². The zero-order valence-electron chi connectivity index (χ0n) is 13.3. The van der Waals surface area contributed by atoms with Crippen LogP contribution in [0.4, 0.5) is 0 Å². The van der Waals surface area contributed by atoms with E-state index in [4.69, 9.17) is 0 Å². The van der Waals surface area contributed by atoms with Crippen molar-refractivity contribution in [1.29, 1.82) is 0 Å². The average Bonchev–Trinajstić information content (AvgIpc) is 2.41. The van der Waals surface area contributed by atoms with Crippen LogP contribution < -0.4 is 0 Å². The van der Waals surface area contributed by atoms with E-state index in [0.717, 1.165) is 5.92 Å². The molecule has 1 atom stereocenters. The van der Waals surface area contributed by atoms with Gasteiger partial charge in [0.2, 0.25) is 0 Å². The molecule has 3 aliphatic carbocycles. The Bertz CT molecular complexity index is 371. The highest BCUT2D eigenvalue weighted by Crippen LogP contribution is 2.41. The van der Waals surface area contributed by atoms with Crippen LogP contribution in [0.5, 0.6) is 0 Å². The predicted molar refractivity (Wildman–Crippen MR) is 87.9 cm³/mol. The molecule has 1 unspecified atom stereocenters. The van der Waals surface area contributed by atoms with Crippen LogP contribution in [-0.2, 0) is 0 Å². The van der Waals surface area contributed by atoms with E-state index in [1.165, 1.54) is 96.3 Å². The molecule has 0 saturated heterocycles. The third-order valence-electron chi connectivity index (χ3n) is 5.79. The van der Waals surface area contributed by atoms with Crippen LogP contribution in [0, 0.1) is 5.92 Å². The summed E-state index contributed by atoms with van der Waals surface area (Å²) in [7, 11) is 0. The van der Waals surface area contributed by atoms with Crippen molar-refractivity contribution in [3.63, 3.8) is 0 Å². The Morgan fingerprint density at radius 2 is 1.35 bits per heavy atom. The van der Waals surface area contributed by atoms with E-state index in [1.54, 1.807) is 5.57 Å². The van der Waals surface area contributed by atoms with Gasteiger partial charge in [-0.15, -0.1) is 0 Å². The molecular weight excluding hydrogens is 240 g/mol. The van der Waals surface area contributed by atoms with Crippen molar-refractivity contribution in [1.82, 2.24) is 0 Å². The topological polar surface area (TPSA) is 0 Å². The zero-order valence-corrected chi connectivity index (χ0v) is 13.3. The first-order chi connectivity index (χ1) is 9.95. The summed E-state index contributed by atoms with van der Waals surface area (Å²) < 4.78 is 0. The Labute approximate surface area is 125 Å². The summed E-state index contributed by atoms with van der Waals surface area (Å²) in [5.41, 5.74) is 5.56. The first-order valence-corrected chi connectivity index (χ1v) is 9.36. The molecule has 0 aromatic rings. The maximum Gasteiger partial charge on any atom is -0.0197 e. The first-order valence-electron chi connectivity index (χ1n) is 9.36. The van der Waals surface area contributed by atoms with Crippen molar-refractivity contribution in [2.24, 2.45) is 5.92 Å². The van der Waals surface area contributed by atoms with Gasteiger partial charge in [-0.2, -0.15) is 0 Å². The molecule has 0 aromatic heterocycles. The van der Waals surface area contributed by atoms with E-state index >= 15 is 0 Å². The molecule has 20 heavy (non-hydrogen) atoms. The molecule has 0 amide bonds. The van der Waals surface area contributed by atoms with E-state index in [1.807, 2.05) is 11.1 Å². The van der Waals surface area contributed by atoms with Crippen LogP contribution in [-0.4, -0.2) is 0 Å². The second kappa shape index (κ2) is 7.48. The molecule has 1 fully saturated rings. The second-order valence-electron chi connectivity index (χ2n) is 7.23. The molecule has 0 spiro atoms. The maximum absolute atomic E-state index is 2.63. The lowest BCUT2D eigenvalue weighted by atomic mass is 9.74. The minimum atomic E-state index is 0.963. The van der Waals surface area contributed by atoms with Crippen LogP contribution in [0.15, 0.2) is 22.8 Å². The number of allylic oxidation sites excluding steroid dienone is 4. The largest absolute Gasteiger partial charge is 0.0810 e. The van der Waals surface area contributed by atoms with Gasteiger partial charge in [-0.05, 0) is 81.3 Å². The van der Waals surface area contributed by atoms with E-state index in [-0.39, 0.29) is 0 Å². The average molecular weight is 272 g/mol. The number of hydrogen-bond acceptors (Lipinski definition) is 0. The molecule has 3 rings (SSSR count). The van der Waals surface area contributed by atoms with Gasteiger partial charge >= 0.3 is 0 Å². The monoisotopic (exact) mass is 272 g/mol. The van der Waals surface area contributed by atoms with E-state index in [2.05, 4.69) is 6.08 Å². The molecular formula is C20H32. The van der Waals surface area contributed by atoms with Gasteiger partial charge in [-0.1, -0.05) is 43.8 Å². The summed E-state index contributed by atoms with van der Waals surface area (Å²) in [5.74, 6) is 0.963. The zero-order chi connectivity index (χ0) is 13.6. The molecule has 112 valence electrons. The van der Waals surface area contributed by atoms with Crippen molar-refractivity contribution < 1.29 is 0 Å². The fourth-order valence-electron chi connectivity index (χ4n) is 4.66. The fourth-order valence-corrected chi connectivity index (χ4v) is 4.66. The van der Waals surface area contributed by atoms with Crippen LogP contribution in [0.3, 0.4) is 0 Å². The van der Waals surface area contributed by atoms with Crippen LogP contribution in [0.1, 0.15) is 96.3 Å². The van der Waals surface area contributed by atoms with Crippen molar-refractivity contribution in [3.8, 4) is 0 Å². The number of fused-ring (bicyclic) bond motifs is 1. The predicted octanol–water partition coefficient (Wildman–Crippen LogP) is 6.72. The normalized spacial score (nSPS) is 35.8. The van der Waals surface area contributed by atoms with Crippen molar-refractivity contribution in [2.45, 2.75) is 96.3 Å². The summed E-state index contributed by atoms with van der Waals surface area (Å²) in [6.07, 6.45) is 24.3. The van der Waals surface area contributed by atoms with Gasteiger partial charge in [0, 0.05) is 0 Å². The van der Waals surface area contributed by atoms with E-state index in [9.17, 15) is 0 Å². The third-order valence-corrected chi connectivity index (χ3v) is 5.79. The van der Waals surface area contributed by atoms with Gasteiger partial charge in [0.1, 0.15) is 0 Å². The standard InChI is InChI=1S/C20H32/c1-2-5-11-17(12-6-3-1)19-15-8-4-7-13-18-14-9-10-16-20(18)19/h11,18H,1-10,12-16H2/b17-11+,20-19-. The summed E-state index contributed by atoms with van der Waals surface area (Å²) in [4.78, 5) is 0. The lowest BCUT2D eigenvalue weighted by Gasteiger charge is -2.32. The summed E-state index contributed by atoms with van der Waals surface area (Å²) in [5, 5.41) is 0. The van der Waals surface area contributed by atoms with Crippen molar-refractivity contribution in [3.05, 3.63) is 22.8 Å². The summed E-state index contributed by atoms with van der Waals surface area (Å²) >= 11 is 0. The SMILES string of the molecule is C1=C(/C2=C3/CCCCC3CCCCC2)CCCCCC/1. The molecule has 0 bridgehead atoms. The number of hydrogen-bond donors (Lipinski definition) is 0. The Kier molecular flexibility index (Phi) is 5.39. The van der Waals surface area contributed by atoms with Gasteiger partial charge in [0.25, 0.3) is 0 Å². The molecule has 0 heteroatoms. The van der Waals surface area contributed by atoms with Gasteiger partial charge < -0.3 is 0 Å². The molecule has 0 radical (unpaired) electrons. The lowest BCUT2D eigenvalue weighted by molar-refractivity contribution is 0.396. The molecule has 0 N–H and O–H groups in total. The Balaban J connectivity index is 1.88. The Hall–Kier alpha value is -0.520. The smallest absolute Gasteiger partial charge is 0.0197 e. The quantitative estimate of drug-likeness (QED) is 0.497. The second-order valence-corrected chi connectivity index (χ2v) is 7.23. The van der Waals surface area contributed by atoms with Crippen LogP contribution in [0.25, 0.3) is 0 Å². The number of rotatable bonds is 1. The Morgan fingerprint density at radius 1 is 0.650 bits per heavy atom. The minimum Gasteiger partial charge on any atom is -0.0810 e. The van der Waals surface area contributed by atoms with Crippen LogP contribution >= 0.6 is 0 Å². The highest BCUT2D eigenvalue weighted by Gasteiger charge is 2.24. The Morgan fingerprint density at radius 3 is 2.30 bits per heavy atom. The first kappa shape index (κ1) is 14.4. The third kappa shape index (κ3) is 3.57. The highest BCUT2D eigenvalue weighted by atomic mass is 14.3. The van der Waals surface area contributed by atoms with E-state index in [0.29, 0.717) is 0 Å². The van der Waals surface area contributed by atoms with E-state index < -0.39 is 0 Å². The minimum absolute atomic E-state index is 0.963. The molecule has 3 aliphatic rings. The van der Waals surface area contributed by atoms with Crippen LogP contribution in [0.2, 0.25) is 0 Å². The maximum atomic E-state index is 2.63. The highest BCUT2D eigenvalue weighted by molar-refractivity contribution is 5.37. The molecule has 0 nitrogen and oxygen atoms in total. The molecule has 0 aromatic carbocycles. The fraction of sp³-hybridized carbons (Fsp3) is 0.800. The lowest BCUT2D eigenvalue weighted by Crippen LogP contribution is -2.15.